The molecule has 3 fully saturated rings. The van der Waals surface area contributed by atoms with Crippen molar-refractivity contribution in [1.29, 1.82) is 0 Å². The van der Waals surface area contributed by atoms with Crippen molar-refractivity contribution in [2.24, 2.45) is 5.92 Å². The second kappa shape index (κ2) is 6.41. The van der Waals surface area contributed by atoms with Gasteiger partial charge in [-0.05, 0) is 38.5 Å². The first-order valence-corrected chi connectivity index (χ1v) is 9.66. The van der Waals surface area contributed by atoms with Gasteiger partial charge in [-0.1, -0.05) is 57.8 Å². The van der Waals surface area contributed by atoms with Crippen molar-refractivity contribution in [1.82, 2.24) is 0 Å². The van der Waals surface area contributed by atoms with Crippen molar-refractivity contribution >= 4 is 0 Å². The minimum absolute atomic E-state index is 0.353. The zero-order chi connectivity index (χ0) is 15.7. The Hall–Kier alpha value is -0.120. The van der Waals surface area contributed by atoms with E-state index in [0.717, 1.165) is 77.0 Å². The summed E-state index contributed by atoms with van der Waals surface area (Å²) in [6.45, 7) is 0. The summed E-state index contributed by atoms with van der Waals surface area (Å²) in [6, 6.07) is 0. The van der Waals surface area contributed by atoms with Crippen molar-refractivity contribution in [3.8, 4) is 0 Å². The van der Waals surface area contributed by atoms with Crippen LogP contribution >= 0.6 is 0 Å². The van der Waals surface area contributed by atoms with Gasteiger partial charge in [0.25, 0.3) is 0 Å². The van der Waals surface area contributed by atoms with E-state index in [4.69, 9.17) is 0 Å². The highest BCUT2D eigenvalue weighted by Crippen LogP contribution is 2.53. The minimum atomic E-state index is -0.865. The molecule has 3 N–H and O–H groups in total. The van der Waals surface area contributed by atoms with Gasteiger partial charge in [0, 0.05) is 5.92 Å². The molecule has 0 spiro atoms. The molecule has 0 aromatic heterocycles. The summed E-state index contributed by atoms with van der Waals surface area (Å²) < 4.78 is 0. The van der Waals surface area contributed by atoms with Crippen LogP contribution in [-0.4, -0.2) is 32.1 Å². The van der Waals surface area contributed by atoms with Crippen LogP contribution in [0.5, 0.6) is 0 Å². The van der Waals surface area contributed by atoms with E-state index in [1.54, 1.807) is 0 Å². The van der Waals surface area contributed by atoms with E-state index in [9.17, 15) is 15.3 Å². The highest BCUT2D eigenvalue weighted by atomic mass is 16.3. The quantitative estimate of drug-likeness (QED) is 0.745. The zero-order valence-electron chi connectivity index (χ0n) is 14.0. The average molecular weight is 310 g/mol. The lowest BCUT2D eigenvalue weighted by atomic mass is 9.56. The molecule has 3 aliphatic carbocycles. The van der Waals surface area contributed by atoms with Gasteiger partial charge in [-0.2, -0.15) is 0 Å². The molecule has 3 heteroatoms. The van der Waals surface area contributed by atoms with E-state index in [1.165, 1.54) is 19.3 Å². The third-order valence-electron chi connectivity index (χ3n) is 6.77. The molecule has 0 aromatic carbocycles. The molecule has 0 saturated heterocycles. The Morgan fingerprint density at radius 3 is 0.864 bits per heavy atom. The van der Waals surface area contributed by atoms with Gasteiger partial charge >= 0.3 is 0 Å². The minimum Gasteiger partial charge on any atom is -0.389 e. The molecule has 0 amide bonds. The Bertz CT molecular complexity index is 304. The van der Waals surface area contributed by atoms with E-state index in [1.807, 2.05) is 0 Å². The largest absolute Gasteiger partial charge is 0.389 e. The van der Waals surface area contributed by atoms with Crippen LogP contribution in [-0.2, 0) is 0 Å². The lowest BCUT2D eigenvalue weighted by molar-refractivity contribution is -0.231. The summed E-state index contributed by atoms with van der Waals surface area (Å²) in [5.74, 6) is -0.353. The van der Waals surface area contributed by atoms with Crippen LogP contribution in [0.25, 0.3) is 0 Å². The van der Waals surface area contributed by atoms with E-state index in [0.29, 0.717) is 0 Å². The number of rotatable bonds is 3. The third-order valence-corrected chi connectivity index (χ3v) is 6.77. The predicted molar refractivity (Wildman–Crippen MR) is 87.6 cm³/mol. The highest BCUT2D eigenvalue weighted by molar-refractivity contribution is 5.10. The number of hydrogen-bond acceptors (Lipinski definition) is 3. The normalized spacial score (nSPS) is 31.1. The van der Waals surface area contributed by atoms with Gasteiger partial charge in [0.1, 0.15) is 0 Å². The zero-order valence-corrected chi connectivity index (χ0v) is 14.0. The smallest absolute Gasteiger partial charge is 0.0730 e. The van der Waals surface area contributed by atoms with E-state index >= 15 is 0 Å². The van der Waals surface area contributed by atoms with Crippen molar-refractivity contribution in [3.05, 3.63) is 0 Å². The Labute approximate surface area is 135 Å². The molecule has 0 aliphatic heterocycles. The van der Waals surface area contributed by atoms with Crippen LogP contribution < -0.4 is 0 Å². The van der Waals surface area contributed by atoms with Crippen molar-refractivity contribution in [2.75, 3.05) is 0 Å². The Morgan fingerprint density at radius 2 is 0.636 bits per heavy atom. The van der Waals surface area contributed by atoms with Gasteiger partial charge in [0.2, 0.25) is 0 Å². The summed E-state index contributed by atoms with van der Waals surface area (Å²) >= 11 is 0. The second-order valence-electron chi connectivity index (χ2n) is 8.43. The number of hydrogen-bond donors (Lipinski definition) is 3. The number of aliphatic hydroxyl groups is 3. The lowest BCUT2D eigenvalue weighted by Gasteiger charge is -2.56. The highest BCUT2D eigenvalue weighted by Gasteiger charge is 2.58. The molecule has 128 valence electrons. The maximum Gasteiger partial charge on any atom is 0.0730 e. The lowest BCUT2D eigenvalue weighted by Crippen LogP contribution is -2.64. The SMILES string of the molecule is OC1(C(C2(O)CCCCC2)C2(O)CCCCC2)CCCCC1. The maximum atomic E-state index is 11.4. The van der Waals surface area contributed by atoms with Crippen LogP contribution in [0.1, 0.15) is 96.3 Å². The van der Waals surface area contributed by atoms with Crippen LogP contribution in [0.15, 0.2) is 0 Å². The maximum absolute atomic E-state index is 11.4. The molecule has 22 heavy (non-hydrogen) atoms. The van der Waals surface area contributed by atoms with Crippen molar-refractivity contribution < 1.29 is 15.3 Å². The predicted octanol–water partition coefficient (Wildman–Crippen LogP) is 3.69. The van der Waals surface area contributed by atoms with Gasteiger partial charge in [-0.25, -0.2) is 0 Å². The van der Waals surface area contributed by atoms with Crippen LogP contribution in [0, 0.1) is 5.92 Å². The van der Waals surface area contributed by atoms with Crippen molar-refractivity contribution in [3.63, 3.8) is 0 Å². The molecule has 0 heterocycles. The first-order valence-electron chi connectivity index (χ1n) is 9.66. The molecule has 3 aliphatic rings. The third kappa shape index (κ3) is 3.09. The molecule has 0 atom stereocenters. The first kappa shape index (κ1) is 16.7. The Kier molecular flexibility index (Phi) is 4.87. The molecule has 0 radical (unpaired) electrons. The second-order valence-corrected chi connectivity index (χ2v) is 8.43. The Morgan fingerprint density at radius 1 is 0.409 bits per heavy atom. The summed E-state index contributed by atoms with van der Waals surface area (Å²) in [4.78, 5) is 0. The van der Waals surface area contributed by atoms with Gasteiger partial charge in [0.15, 0.2) is 0 Å². The van der Waals surface area contributed by atoms with Gasteiger partial charge in [0.05, 0.1) is 16.8 Å². The summed E-state index contributed by atoms with van der Waals surface area (Å²) in [5.41, 5.74) is -2.59. The summed E-state index contributed by atoms with van der Waals surface area (Å²) in [5, 5.41) is 34.3. The van der Waals surface area contributed by atoms with Crippen LogP contribution in [0.2, 0.25) is 0 Å². The van der Waals surface area contributed by atoms with Gasteiger partial charge in [-0.15, -0.1) is 0 Å². The van der Waals surface area contributed by atoms with Gasteiger partial charge < -0.3 is 15.3 Å². The fourth-order valence-corrected chi connectivity index (χ4v) is 5.86. The Balaban J connectivity index is 1.93. The summed E-state index contributed by atoms with van der Waals surface area (Å²) in [6.07, 6.45) is 14.2. The molecule has 3 nitrogen and oxygen atoms in total. The van der Waals surface area contributed by atoms with Gasteiger partial charge in [-0.3, -0.25) is 0 Å². The molecule has 0 bridgehead atoms. The monoisotopic (exact) mass is 310 g/mol. The van der Waals surface area contributed by atoms with E-state index in [2.05, 4.69) is 0 Å². The van der Waals surface area contributed by atoms with Crippen LogP contribution in [0.3, 0.4) is 0 Å². The molecule has 3 rings (SSSR count). The molecule has 0 aromatic rings. The van der Waals surface area contributed by atoms with E-state index in [-0.39, 0.29) is 5.92 Å². The van der Waals surface area contributed by atoms with E-state index < -0.39 is 16.8 Å². The van der Waals surface area contributed by atoms with Crippen molar-refractivity contribution in [2.45, 2.75) is 113 Å². The fraction of sp³-hybridized carbons (Fsp3) is 1.00. The standard InChI is InChI=1S/C19H34O3/c20-17(10-4-1-5-11-17)16(18(21)12-6-2-7-13-18)19(22)14-8-3-9-15-19/h16,20-22H,1-15H2. The molecule has 0 unspecified atom stereocenters. The molecular weight excluding hydrogens is 276 g/mol. The fourth-order valence-electron chi connectivity index (χ4n) is 5.86. The van der Waals surface area contributed by atoms with Crippen LogP contribution in [0.4, 0.5) is 0 Å². The molecular formula is C19H34O3. The molecule has 3 saturated carbocycles. The summed E-state index contributed by atoms with van der Waals surface area (Å²) in [7, 11) is 0. The average Bonchev–Trinajstić information content (AvgIpc) is 2.48. The first-order chi connectivity index (χ1) is 10.5. The topological polar surface area (TPSA) is 60.7 Å².